The third-order valence-electron chi connectivity index (χ3n) is 4.17. The number of hydrogen-bond acceptors (Lipinski definition) is 6. The molecule has 8 nitrogen and oxygen atoms in total. The number of carbonyl (C=O) groups is 1. The summed E-state index contributed by atoms with van der Waals surface area (Å²) >= 11 is 6.11. The second-order valence-corrected chi connectivity index (χ2v) is 8.42. The number of likely N-dealkylation sites (N-methyl/N-ethyl adjacent to an activating group) is 1. The summed E-state index contributed by atoms with van der Waals surface area (Å²) in [4.78, 5) is 12.4. The molecule has 0 aromatic heterocycles. The Kier molecular flexibility index (Phi) is 6.51. The molecule has 3 rings (SSSR count). The number of sulfonamides is 1. The van der Waals surface area contributed by atoms with Gasteiger partial charge in [0.2, 0.25) is 22.7 Å². The molecule has 1 aliphatic heterocycles. The Morgan fingerprint density at radius 1 is 1.17 bits per heavy atom. The Morgan fingerprint density at radius 3 is 2.62 bits per heavy atom. The van der Waals surface area contributed by atoms with E-state index in [1.54, 1.807) is 32.0 Å². The first-order chi connectivity index (χ1) is 13.8. The quantitative estimate of drug-likeness (QED) is 0.677. The Bertz CT molecular complexity index is 1010. The highest BCUT2D eigenvalue weighted by atomic mass is 35.5. The molecule has 1 amide bonds. The normalized spacial score (nSPS) is 12.8. The Labute approximate surface area is 174 Å². The van der Waals surface area contributed by atoms with Crippen LogP contribution in [-0.2, 0) is 14.8 Å². The molecule has 1 heterocycles. The van der Waals surface area contributed by atoms with E-state index in [1.807, 2.05) is 0 Å². The highest BCUT2D eigenvalue weighted by molar-refractivity contribution is 7.89. The maximum absolute atomic E-state index is 12.9. The molecule has 0 spiro atoms. The van der Waals surface area contributed by atoms with Crippen molar-refractivity contribution in [2.24, 2.45) is 0 Å². The Balaban J connectivity index is 1.72. The molecular weight excluding hydrogens is 420 g/mol. The van der Waals surface area contributed by atoms with Gasteiger partial charge in [-0.25, -0.2) is 8.42 Å². The topological polar surface area (TPSA) is 94.2 Å². The number of fused-ring (bicyclic) bond motifs is 1. The van der Waals surface area contributed by atoms with Crippen molar-refractivity contribution in [2.75, 3.05) is 31.8 Å². The van der Waals surface area contributed by atoms with Gasteiger partial charge in [0, 0.05) is 18.3 Å². The van der Waals surface area contributed by atoms with E-state index < -0.39 is 15.9 Å². The monoisotopic (exact) mass is 440 g/mol. The zero-order valence-corrected chi connectivity index (χ0v) is 17.5. The van der Waals surface area contributed by atoms with Crippen LogP contribution in [0.3, 0.4) is 0 Å². The second-order valence-electron chi connectivity index (χ2n) is 6.07. The number of anilines is 1. The standard InChI is InChI=1S/C19H21ClN2O6S/c1-3-22(29(24,25)14-6-8-16(26-4-2)15(20)10-14)11-19(23)21-13-5-7-17-18(9-13)28-12-27-17/h5-10H,3-4,11-12H2,1-2H3,(H,21,23). The van der Waals surface area contributed by atoms with Crippen molar-refractivity contribution in [3.8, 4) is 17.2 Å². The predicted octanol–water partition coefficient (Wildman–Crippen LogP) is 3.12. The van der Waals surface area contributed by atoms with Crippen molar-refractivity contribution in [1.29, 1.82) is 0 Å². The van der Waals surface area contributed by atoms with Crippen LogP contribution in [0.1, 0.15) is 13.8 Å². The predicted molar refractivity (Wildman–Crippen MR) is 108 cm³/mol. The first-order valence-electron chi connectivity index (χ1n) is 8.97. The molecule has 0 aliphatic carbocycles. The fourth-order valence-corrected chi connectivity index (χ4v) is 4.50. The number of halogens is 1. The minimum atomic E-state index is -3.91. The molecule has 0 saturated carbocycles. The van der Waals surface area contributed by atoms with E-state index in [4.69, 9.17) is 25.8 Å². The molecule has 0 fully saturated rings. The average Bonchev–Trinajstić information content (AvgIpc) is 3.15. The number of amides is 1. The molecule has 10 heteroatoms. The number of ether oxygens (including phenoxy) is 3. The zero-order chi connectivity index (χ0) is 21.0. The van der Waals surface area contributed by atoms with Crippen LogP contribution in [0.25, 0.3) is 0 Å². The van der Waals surface area contributed by atoms with Crippen LogP contribution < -0.4 is 19.5 Å². The van der Waals surface area contributed by atoms with Gasteiger partial charge in [-0.15, -0.1) is 0 Å². The first-order valence-corrected chi connectivity index (χ1v) is 10.8. The molecule has 0 unspecified atom stereocenters. The largest absolute Gasteiger partial charge is 0.492 e. The van der Waals surface area contributed by atoms with Crippen LogP contribution in [-0.4, -0.2) is 45.1 Å². The summed E-state index contributed by atoms with van der Waals surface area (Å²) in [5.74, 6) is 1.03. The molecule has 2 aromatic rings. The molecule has 0 bridgehead atoms. The van der Waals surface area contributed by atoms with Gasteiger partial charge in [0.05, 0.1) is 23.1 Å². The summed E-state index contributed by atoms with van der Waals surface area (Å²) in [6.45, 7) is 3.76. The molecule has 29 heavy (non-hydrogen) atoms. The van der Waals surface area contributed by atoms with Crippen molar-refractivity contribution < 1.29 is 27.4 Å². The third kappa shape index (κ3) is 4.75. The lowest BCUT2D eigenvalue weighted by Crippen LogP contribution is -2.37. The van der Waals surface area contributed by atoms with Gasteiger partial charge in [-0.3, -0.25) is 4.79 Å². The van der Waals surface area contributed by atoms with Crippen LogP contribution in [0.5, 0.6) is 17.2 Å². The van der Waals surface area contributed by atoms with Crippen LogP contribution in [0.4, 0.5) is 5.69 Å². The fraction of sp³-hybridized carbons (Fsp3) is 0.316. The van der Waals surface area contributed by atoms with E-state index in [-0.39, 0.29) is 29.8 Å². The van der Waals surface area contributed by atoms with Crippen molar-refractivity contribution in [2.45, 2.75) is 18.7 Å². The maximum atomic E-state index is 12.9. The molecule has 1 N–H and O–H groups in total. The lowest BCUT2D eigenvalue weighted by atomic mass is 10.3. The molecule has 0 radical (unpaired) electrons. The highest BCUT2D eigenvalue weighted by Crippen LogP contribution is 2.34. The van der Waals surface area contributed by atoms with Crippen molar-refractivity contribution in [3.63, 3.8) is 0 Å². The van der Waals surface area contributed by atoms with E-state index in [2.05, 4.69) is 5.32 Å². The minimum absolute atomic E-state index is 0.0105. The van der Waals surface area contributed by atoms with Gasteiger partial charge >= 0.3 is 0 Å². The number of rotatable bonds is 8. The minimum Gasteiger partial charge on any atom is -0.492 e. The van der Waals surface area contributed by atoms with Gasteiger partial charge in [0.1, 0.15) is 5.75 Å². The van der Waals surface area contributed by atoms with E-state index in [9.17, 15) is 13.2 Å². The maximum Gasteiger partial charge on any atom is 0.243 e. The average molecular weight is 441 g/mol. The number of nitrogens with zero attached hydrogens (tertiary/aromatic N) is 1. The van der Waals surface area contributed by atoms with Gasteiger partial charge < -0.3 is 19.5 Å². The van der Waals surface area contributed by atoms with Crippen molar-refractivity contribution in [1.82, 2.24) is 4.31 Å². The van der Waals surface area contributed by atoms with Gasteiger partial charge in [-0.1, -0.05) is 18.5 Å². The van der Waals surface area contributed by atoms with Gasteiger partial charge in [0.25, 0.3) is 0 Å². The lowest BCUT2D eigenvalue weighted by Gasteiger charge is -2.20. The summed E-state index contributed by atoms with van der Waals surface area (Å²) in [6.07, 6.45) is 0. The first kappa shape index (κ1) is 21.2. The number of benzene rings is 2. The lowest BCUT2D eigenvalue weighted by molar-refractivity contribution is -0.116. The van der Waals surface area contributed by atoms with E-state index in [1.165, 1.54) is 18.2 Å². The fourth-order valence-electron chi connectivity index (χ4n) is 2.77. The van der Waals surface area contributed by atoms with Gasteiger partial charge in [-0.05, 0) is 37.3 Å². The number of hydrogen-bond donors (Lipinski definition) is 1. The number of nitrogens with one attached hydrogen (secondary N) is 1. The molecule has 0 saturated heterocycles. The SMILES string of the molecule is CCOc1ccc(S(=O)(=O)N(CC)CC(=O)Nc2ccc3c(c2)OCO3)cc1Cl. The highest BCUT2D eigenvalue weighted by Gasteiger charge is 2.26. The molecular formula is C19H21ClN2O6S. The molecule has 2 aromatic carbocycles. The zero-order valence-electron chi connectivity index (χ0n) is 16.0. The van der Waals surface area contributed by atoms with E-state index >= 15 is 0 Å². The van der Waals surface area contributed by atoms with Crippen LogP contribution in [0.15, 0.2) is 41.3 Å². The van der Waals surface area contributed by atoms with E-state index in [0.717, 1.165) is 4.31 Å². The van der Waals surface area contributed by atoms with E-state index in [0.29, 0.717) is 29.5 Å². The van der Waals surface area contributed by atoms with Crippen LogP contribution >= 0.6 is 11.6 Å². The van der Waals surface area contributed by atoms with Gasteiger partial charge in [-0.2, -0.15) is 4.31 Å². The third-order valence-corrected chi connectivity index (χ3v) is 6.38. The summed E-state index contributed by atoms with van der Waals surface area (Å²) < 4.78 is 42.8. The summed E-state index contributed by atoms with van der Waals surface area (Å²) in [5, 5.41) is 2.86. The summed E-state index contributed by atoms with van der Waals surface area (Å²) in [6, 6.07) is 9.18. The second kappa shape index (κ2) is 8.89. The Hall–Kier alpha value is -2.49. The number of carbonyl (C=O) groups excluding carboxylic acids is 1. The van der Waals surface area contributed by atoms with Gasteiger partial charge in [0.15, 0.2) is 11.5 Å². The molecule has 156 valence electrons. The summed E-state index contributed by atoms with van der Waals surface area (Å²) in [7, 11) is -3.91. The smallest absolute Gasteiger partial charge is 0.243 e. The van der Waals surface area contributed by atoms with Crippen molar-refractivity contribution >= 4 is 33.2 Å². The van der Waals surface area contributed by atoms with Crippen LogP contribution in [0.2, 0.25) is 5.02 Å². The van der Waals surface area contributed by atoms with Crippen LogP contribution in [0, 0.1) is 0 Å². The van der Waals surface area contributed by atoms with Crippen molar-refractivity contribution in [3.05, 3.63) is 41.4 Å². The Morgan fingerprint density at radius 2 is 1.93 bits per heavy atom. The molecule has 0 atom stereocenters. The molecule has 1 aliphatic rings. The summed E-state index contributed by atoms with van der Waals surface area (Å²) in [5.41, 5.74) is 0.483.